The summed E-state index contributed by atoms with van der Waals surface area (Å²) in [6, 6.07) is 6.03. The Balaban J connectivity index is 2.15. The van der Waals surface area contributed by atoms with E-state index in [-0.39, 0.29) is 23.7 Å². The van der Waals surface area contributed by atoms with Gasteiger partial charge < -0.3 is 4.74 Å². The van der Waals surface area contributed by atoms with Gasteiger partial charge in [-0.25, -0.2) is 17.9 Å². The number of rotatable bonds is 6. The van der Waals surface area contributed by atoms with Crippen LogP contribution in [0.2, 0.25) is 0 Å². The third-order valence-electron chi connectivity index (χ3n) is 3.15. The van der Waals surface area contributed by atoms with Gasteiger partial charge in [0.05, 0.1) is 7.11 Å². The fourth-order valence-electron chi connectivity index (χ4n) is 1.99. The highest BCUT2D eigenvalue weighted by Crippen LogP contribution is 2.24. The number of aromatic amines is 1. The van der Waals surface area contributed by atoms with E-state index in [4.69, 9.17) is 4.74 Å². The summed E-state index contributed by atoms with van der Waals surface area (Å²) in [7, 11) is -2.39. The standard InChI is InChI=1S/C14H17N3O5S/c1-10-3-4-11(22-2)12(9-10)23(20,21)15-6-8-17-7-5-13(18)16-14(17)19/h3-5,7,9,15H,6,8H2,1-2H3,(H,16,18,19). The number of ether oxygens (including phenoxy) is 1. The fraction of sp³-hybridized carbons (Fsp3) is 0.286. The third-order valence-corrected chi connectivity index (χ3v) is 4.63. The van der Waals surface area contributed by atoms with Gasteiger partial charge >= 0.3 is 5.69 Å². The molecule has 0 amide bonds. The first-order chi connectivity index (χ1) is 10.8. The third kappa shape index (κ3) is 4.08. The summed E-state index contributed by atoms with van der Waals surface area (Å²) in [6.07, 6.45) is 1.31. The Kier molecular flexibility index (Phi) is 5.02. The molecule has 2 aromatic rings. The van der Waals surface area contributed by atoms with Gasteiger partial charge in [-0.15, -0.1) is 0 Å². The van der Waals surface area contributed by atoms with Gasteiger partial charge in [0.25, 0.3) is 5.56 Å². The Morgan fingerprint density at radius 2 is 2.00 bits per heavy atom. The van der Waals surface area contributed by atoms with Crippen molar-refractivity contribution >= 4 is 10.0 Å². The van der Waals surface area contributed by atoms with Crippen molar-refractivity contribution in [3.05, 3.63) is 56.9 Å². The number of hydrogen-bond donors (Lipinski definition) is 2. The van der Waals surface area contributed by atoms with Gasteiger partial charge in [0.2, 0.25) is 10.0 Å². The summed E-state index contributed by atoms with van der Waals surface area (Å²) >= 11 is 0. The molecule has 124 valence electrons. The first-order valence-electron chi connectivity index (χ1n) is 6.77. The molecule has 9 heteroatoms. The Morgan fingerprint density at radius 1 is 1.26 bits per heavy atom. The predicted molar refractivity (Wildman–Crippen MR) is 84.2 cm³/mol. The van der Waals surface area contributed by atoms with E-state index in [9.17, 15) is 18.0 Å². The van der Waals surface area contributed by atoms with Crippen LogP contribution < -0.4 is 20.7 Å². The van der Waals surface area contributed by atoms with Crippen LogP contribution in [-0.2, 0) is 16.6 Å². The van der Waals surface area contributed by atoms with Crippen LogP contribution in [0.5, 0.6) is 5.75 Å². The zero-order valence-corrected chi connectivity index (χ0v) is 13.5. The van der Waals surface area contributed by atoms with Gasteiger partial charge in [-0.1, -0.05) is 6.07 Å². The van der Waals surface area contributed by atoms with Crippen LogP contribution in [0.25, 0.3) is 0 Å². The summed E-state index contributed by atoms with van der Waals surface area (Å²) in [5.74, 6) is 0.240. The van der Waals surface area contributed by atoms with Gasteiger partial charge in [0, 0.05) is 25.4 Å². The summed E-state index contributed by atoms with van der Waals surface area (Å²) in [5.41, 5.74) is -0.316. The lowest BCUT2D eigenvalue weighted by Gasteiger charge is -2.12. The second-order valence-electron chi connectivity index (χ2n) is 4.86. The monoisotopic (exact) mass is 339 g/mol. The zero-order valence-electron chi connectivity index (χ0n) is 12.7. The van der Waals surface area contributed by atoms with Crippen molar-refractivity contribution in [1.29, 1.82) is 0 Å². The van der Waals surface area contributed by atoms with Crippen LogP contribution in [-0.4, -0.2) is 31.6 Å². The maximum atomic E-state index is 12.4. The van der Waals surface area contributed by atoms with Crippen molar-refractivity contribution in [2.75, 3.05) is 13.7 Å². The van der Waals surface area contributed by atoms with Crippen LogP contribution in [0.1, 0.15) is 5.56 Å². The molecule has 0 bridgehead atoms. The molecule has 0 atom stereocenters. The molecule has 0 aliphatic heterocycles. The number of H-pyrrole nitrogens is 1. The number of hydrogen-bond acceptors (Lipinski definition) is 5. The lowest BCUT2D eigenvalue weighted by atomic mass is 10.2. The van der Waals surface area contributed by atoms with E-state index in [1.54, 1.807) is 19.1 Å². The van der Waals surface area contributed by atoms with Crippen molar-refractivity contribution in [2.45, 2.75) is 18.4 Å². The summed E-state index contributed by atoms with van der Waals surface area (Å²) in [6.45, 7) is 1.85. The number of nitrogens with zero attached hydrogens (tertiary/aromatic N) is 1. The molecule has 8 nitrogen and oxygen atoms in total. The minimum atomic E-state index is -3.78. The van der Waals surface area contributed by atoms with Crippen LogP contribution in [0.15, 0.2) is 44.9 Å². The van der Waals surface area contributed by atoms with E-state index in [2.05, 4.69) is 9.71 Å². The molecule has 0 saturated heterocycles. The van der Waals surface area contributed by atoms with Crippen LogP contribution in [0.4, 0.5) is 0 Å². The zero-order chi connectivity index (χ0) is 17.0. The van der Waals surface area contributed by atoms with Crippen LogP contribution >= 0.6 is 0 Å². The van der Waals surface area contributed by atoms with E-state index < -0.39 is 21.3 Å². The average Bonchev–Trinajstić information content (AvgIpc) is 2.49. The molecule has 0 spiro atoms. The van der Waals surface area contributed by atoms with Gasteiger partial charge in [-0.05, 0) is 24.6 Å². The smallest absolute Gasteiger partial charge is 0.328 e. The number of methoxy groups -OCH3 is 1. The summed E-state index contributed by atoms with van der Waals surface area (Å²) in [4.78, 5) is 24.6. The second-order valence-corrected chi connectivity index (χ2v) is 6.59. The molecule has 1 aromatic carbocycles. The highest BCUT2D eigenvalue weighted by Gasteiger charge is 2.19. The van der Waals surface area contributed by atoms with Crippen molar-refractivity contribution < 1.29 is 13.2 Å². The SMILES string of the molecule is COc1ccc(C)cc1S(=O)(=O)NCCn1ccc(=O)[nH]c1=O. The topological polar surface area (TPSA) is 110 Å². The highest BCUT2D eigenvalue weighted by molar-refractivity contribution is 7.89. The molecular formula is C14H17N3O5S. The quantitative estimate of drug-likeness (QED) is 0.759. The van der Waals surface area contributed by atoms with Crippen molar-refractivity contribution in [2.24, 2.45) is 0 Å². The first kappa shape index (κ1) is 17.0. The Hall–Kier alpha value is -2.39. The molecule has 2 rings (SSSR count). The predicted octanol–water partition coefficient (Wildman–Crippen LogP) is -0.168. The van der Waals surface area contributed by atoms with Crippen molar-refractivity contribution in [3.8, 4) is 5.75 Å². The highest BCUT2D eigenvalue weighted by atomic mass is 32.2. The molecule has 1 aromatic heterocycles. The summed E-state index contributed by atoms with van der Waals surface area (Å²) < 4.78 is 33.4. The number of nitrogens with one attached hydrogen (secondary N) is 2. The number of aryl methyl sites for hydroxylation is 1. The fourth-order valence-corrected chi connectivity index (χ4v) is 3.27. The molecule has 23 heavy (non-hydrogen) atoms. The molecule has 2 N–H and O–H groups in total. The van der Waals surface area contributed by atoms with E-state index in [1.165, 1.54) is 30.0 Å². The van der Waals surface area contributed by atoms with Gasteiger partial charge in [0.15, 0.2) is 0 Å². The number of aromatic nitrogens is 2. The maximum Gasteiger partial charge on any atom is 0.328 e. The largest absolute Gasteiger partial charge is 0.495 e. The Morgan fingerprint density at radius 3 is 2.65 bits per heavy atom. The molecule has 0 fully saturated rings. The van der Waals surface area contributed by atoms with Gasteiger partial charge in [0.1, 0.15) is 10.6 Å². The van der Waals surface area contributed by atoms with E-state index >= 15 is 0 Å². The molecular weight excluding hydrogens is 322 g/mol. The number of sulfonamides is 1. The van der Waals surface area contributed by atoms with Crippen LogP contribution in [0, 0.1) is 6.92 Å². The lowest BCUT2D eigenvalue weighted by molar-refractivity contribution is 0.402. The van der Waals surface area contributed by atoms with E-state index in [0.717, 1.165) is 5.56 Å². The molecule has 0 aliphatic rings. The minimum Gasteiger partial charge on any atom is -0.495 e. The molecule has 1 heterocycles. The molecule has 0 aliphatic carbocycles. The number of benzene rings is 1. The van der Waals surface area contributed by atoms with Gasteiger partial charge in [-0.3, -0.25) is 14.3 Å². The normalized spacial score (nSPS) is 11.4. The lowest BCUT2D eigenvalue weighted by Crippen LogP contribution is -2.34. The molecule has 0 unspecified atom stereocenters. The van der Waals surface area contributed by atoms with E-state index in [0.29, 0.717) is 0 Å². The van der Waals surface area contributed by atoms with Crippen molar-refractivity contribution in [3.63, 3.8) is 0 Å². The molecule has 0 saturated carbocycles. The average molecular weight is 339 g/mol. The molecule has 0 radical (unpaired) electrons. The Labute approximate surface area is 132 Å². The first-order valence-corrected chi connectivity index (χ1v) is 8.26. The Bertz CT molecular complexity index is 914. The minimum absolute atomic E-state index is 0.00855. The van der Waals surface area contributed by atoms with Gasteiger partial charge in [-0.2, -0.15) is 0 Å². The van der Waals surface area contributed by atoms with E-state index in [1.807, 2.05) is 0 Å². The van der Waals surface area contributed by atoms with Crippen molar-refractivity contribution in [1.82, 2.24) is 14.3 Å². The summed E-state index contributed by atoms with van der Waals surface area (Å²) in [5, 5.41) is 0. The maximum absolute atomic E-state index is 12.4. The second kappa shape index (κ2) is 6.80. The van der Waals surface area contributed by atoms with Crippen LogP contribution in [0.3, 0.4) is 0 Å².